The molecule has 1 fully saturated rings. The topological polar surface area (TPSA) is 51.0 Å². The van der Waals surface area contributed by atoms with Crippen LogP contribution in [0.15, 0.2) is 22.0 Å². The van der Waals surface area contributed by atoms with Crippen molar-refractivity contribution in [3.05, 3.63) is 23.4 Å². The van der Waals surface area contributed by atoms with Gasteiger partial charge in [0, 0.05) is 13.0 Å². The van der Waals surface area contributed by atoms with Crippen molar-refractivity contribution in [1.82, 2.24) is 15.5 Å². The summed E-state index contributed by atoms with van der Waals surface area (Å²) in [4.78, 5) is 5.24. The second-order valence-corrected chi connectivity index (χ2v) is 4.68. The maximum Gasteiger partial charge on any atom is 0.244 e. The molecule has 16 heavy (non-hydrogen) atoms. The van der Waals surface area contributed by atoms with Crippen LogP contribution in [0.3, 0.4) is 0 Å². The molecule has 6 heteroatoms. The van der Waals surface area contributed by atoms with Crippen molar-refractivity contribution < 1.29 is 8.91 Å². The lowest BCUT2D eigenvalue weighted by atomic mass is 10.2. The van der Waals surface area contributed by atoms with Crippen LogP contribution < -0.4 is 5.32 Å². The van der Waals surface area contributed by atoms with Gasteiger partial charge in [0.25, 0.3) is 0 Å². The molecular weight excluding hydrogens is 229 g/mol. The molecule has 0 aliphatic carbocycles. The number of nitrogens with one attached hydrogen (secondary N) is 1. The number of alkyl halides is 1. The third-order valence-corrected chi connectivity index (χ3v) is 3.42. The first-order valence-electron chi connectivity index (χ1n) is 5.08. The average molecular weight is 239 g/mol. The van der Waals surface area contributed by atoms with Crippen molar-refractivity contribution in [1.29, 1.82) is 0 Å². The standard InChI is InChI=1S/C10H10FN3OS/c11-6-4-7(12-5-6)10-13-9(14-15-10)8-2-1-3-16-8/h1-3,6-7,12H,4-5H2/t6-,7+/m1/s1. The van der Waals surface area contributed by atoms with E-state index in [9.17, 15) is 4.39 Å². The number of rotatable bonds is 2. The largest absolute Gasteiger partial charge is 0.337 e. The normalized spacial score (nSPS) is 25.1. The van der Waals surface area contributed by atoms with Crippen LogP contribution >= 0.6 is 11.3 Å². The number of hydrogen-bond acceptors (Lipinski definition) is 5. The third kappa shape index (κ3) is 1.74. The first kappa shape index (κ1) is 9.92. The molecule has 3 heterocycles. The summed E-state index contributed by atoms with van der Waals surface area (Å²) in [6.07, 6.45) is -0.409. The predicted molar refractivity (Wildman–Crippen MR) is 57.9 cm³/mol. The van der Waals surface area contributed by atoms with Crippen LogP contribution in [-0.4, -0.2) is 22.9 Å². The summed E-state index contributed by atoms with van der Waals surface area (Å²) in [5.74, 6) is 1.05. The molecule has 0 spiro atoms. The van der Waals surface area contributed by atoms with Gasteiger partial charge in [0.05, 0.1) is 10.9 Å². The number of halogens is 1. The lowest BCUT2D eigenvalue weighted by Gasteiger charge is -2.00. The Balaban J connectivity index is 1.83. The summed E-state index contributed by atoms with van der Waals surface area (Å²) in [5.41, 5.74) is 0. The second kappa shape index (κ2) is 3.95. The zero-order valence-corrected chi connectivity index (χ0v) is 9.21. The third-order valence-electron chi connectivity index (χ3n) is 2.56. The minimum Gasteiger partial charge on any atom is -0.337 e. The molecule has 0 unspecified atom stereocenters. The van der Waals surface area contributed by atoms with Gasteiger partial charge in [0.1, 0.15) is 6.17 Å². The molecular formula is C10H10FN3OS. The van der Waals surface area contributed by atoms with Crippen molar-refractivity contribution in [3.8, 4) is 10.7 Å². The molecule has 0 aromatic carbocycles. The van der Waals surface area contributed by atoms with E-state index in [1.165, 1.54) is 0 Å². The van der Waals surface area contributed by atoms with E-state index in [0.29, 0.717) is 24.7 Å². The Kier molecular flexibility index (Phi) is 2.45. The van der Waals surface area contributed by atoms with Crippen molar-refractivity contribution >= 4 is 11.3 Å². The van der Waals surface area contributed by atoms with Crippen LogP contribution in [0.2, 0.25) is 0 Å². The van der Waals surface area contributed by atoms with Gasteiger partial charge in [-0.05, 0) is 11.4 Å². The predicted octanol–water partition coefficient (Wildman–Crippen LogP) is 2.17. The van der Waals surface area contributed by atoms with Crippen molar-refractivity contribution in [3.63, 3.8) is 0 Å². The summed E-state index contributed by atoms with van der Waals surface area (Å²) in [6.45, 7) is 0.362. The van der Waals surface area contributed by atoms with Crippen molar-refractivity contribution in [2.75, 3.05) is 6.54 Å². The van der Waals surface area contributed by atoms with Crippen molar-refractivity contribution in [2.24, 2.45) is 0 Å². The van der Waals surface area contributed by atoms with Crippen LogP contribution in [0.25, 0.3) is 10.7 Å². The molecule has 4 nitrogen and oxygen atoms in total. The molecule has 84 valence electrons. The highest BCUT2D eigenvalue weighted by Gasteiger charge is 2.29. The average Bonchev–Trinajstić information content (AvgIpc) is 2.97. The molecule has 1 N–H and O–H groups in total. The highest BCUT2D eigenvalue weighted by molar-refractivity contribution is 7.13. The van der Waals surface area contributed by atoms with Gasteiger partial charge < -0.3 is 9.84 Å². The molecule has 1 aliphatic rings. The lowest BCUT2D eigenvalue weighted by Crippen LogP contribution is -2.14. The highest BCUT2D eigenvalue weighted by atomic mass is 32.1. The Hall–Kier alpha value is -1.27. The maximum absolute atomic E-state index is 13.0. The van der Waals surface area contributed by atoms with E-state index in [4.69, 9.17) is 4.52 Å². The zero-order valence-electron chi connectivity index (χ0n) is 8.39. The van der Waals surface area contributed by atoms with Gasteiger partial charge in [-0.3, -0.25) is 0 Å². The van der Waals surface area contributed by atoms with Crippen LogP contribution in [0.1, 0.15) is 18.4 Å². The Morgan fingerprint density at radius 1 is 1.56 bits per heavy atom. The Morgan fingerprint density at radius 2 is 2.50 bits per heavy atom. The highest BCUT2D eigenvalue weighted by Crippen LogP contribution is 2.27. The first-order chi connectivity index (χ1) is 7.83. The quantitative estimate of drug-likeness (QED) is 0.872. The molecule has 2 atom stereocenters. The van der Waals surface area contributed by atoms with Gasteiger partial charge in [-0.2, -0.15) is 4.98 Å². The van der Waals surface area contributed by atoms with E-state index in [-0.39, 0.29) is 6.04 Å². The van der Waals surface area contributed by atoms with Crippen molar-refractivity contribution in [2.45, 2.75) is 18.6 Å². The molecule has 0 amide bonds. The second-order valence-electron chi connectivity index (χ2n) is 3.73. The van der Waals surface area contributed by atoms with Gasteiger partial charge >= 0.3 is 0 Å². The van der Waals surface area contributed by atoms with E-state index in [2.05, 4.69) is 15.5 Å². The monoisotopic (exact) mass is 239 g/mol. The van der Waals surface area contributed by atoms with E-state index in [0.717, 1.165) is 4.88 Å². The minimum atomic E-state index is -0.818. The summed E-state index contributed by atoms with van der Waals surface area (Å²) < 4.78 is 18.1. The van der Waals surface area contributed by atoms with Gasteiger partial charge in [-0.25, -0.2) is 4.39 Å². The smallest absolute Gasteiger partial charge is 0.244 e. The minimum absolute atomic E-state index is 0.142. The van der Waals surface area contributed by atoms with Crippen LogP contribution in [0.4, 0.5) is 4.39 Å². The summed E-state index contributed by atoms with van der Waals surface area (Å²) in [5, 5.41) is 8.86. The number of nitrogens with zero attached hydrogens (tertiary/aromatic N) is 2. The summed E-state index contributed by atoms with van der Waals surface area (Å²) in [6, 6.07) is 3.72. The molecule has 3 rings (SSSR count). The fraction of sp³-hybridized carbons (Fsp3) is 0.400. The van der Waals surface area contributed by atoms with E-state index in [1.807, 2.05) is 17.5 Å². The van der Waals surface area contributed by atoms with Gasteiger partial charge in [-0.15, -0.1) is 11.3 Å². The van der Waals surface area contributed by atoms with Gasteiger partial charge in [0.2, 0.25) is 11.7 Å². The SMILES string of the molecule is F[C@H]1CN[C@H](c2nc(-c3cccs3)no2)C1. The fourth-order valence-corrected chi connectivity index (χ4v) is 2.41. The van der Waals surface area contributed by atoms with E-state index < -0.39 is 6.17 Å². The molecule has 2 aromatic rings. The molecule has 0 saturated carbocycles. The summed E-state index contributed by atoms with van der Waals surface area (Å²) in [7, 11) is 0. The fourth-order valence-electron chi connectivity index (χ4n) is 1.76. The first-order valence-corrected chi connectivity index (χ1v) is 5.96. The number of aromatic nitrogens is 2. The van der Waals surface area contributed by atoms with E-state index >= 15 is 0 Å². The van der Waals surface area contributed by atoms with Gasteiger partial charge in [-0.1, -0.05) is 11.2 Å². The van der Waals surface area contributed by atoms with E-state index in [1.54, 1.807) is 11.3 Å². The molecule has 1 saturated heterocycles. The Morgan fingerprint density at radius 3 is 3.19 bits per heavy atom. The molecule has 2 aromatic heterocycles. The summed E-state index contributed by atoms with van der Waals surface area (Å²) >= 11 is 1.55. The molecule has 0 bridgehead atoms. The Labute approximate surface area is 95.5 Å². The maximum atomic E-state index is 13.0. The van der Waals surface area contributed by atoms with Crippen LogP contribution in [0.5, 0.6) is 0 Å². The van der Waals surface area contributed by atoms with Crippen LogP contribution in [-0.2, 0) is 0 Å². The Bertz CT molecular complexity index is 470. The van der Waals surface area contributed by atoms with Gasteiger partial charge in [0.15, 0.2) is 0 Å². The lowest BCUT2D eigenvalue weighted by molar-refractivity contribution is 0.324. The number of thiophene rings is 1. The molecule has 1 aliphatic heterocycles. The van der Waals surface area contributed by atoms with Crippen LogP contribution in [0, 0.1) is 0 Å². The zero-order chi connectivity index (χ0) is 11.0. The number of hydrogen-bond donors (Lipinski definition) is 1. The molecule has 0 radical (unpaired) electrons.